The van der Waals surface area contributed by atoms with Gasteiger partial charge in [-0.2, -0.15) is 0 Å². The van der Waals surface area contributed by atoms with Gasteiger partial charge < -0.3 is 20.0 Å². The number of nitrogens with zero attached hydrogens (tertiary/aromatic N) is 4. The Balaban J connectivity index is 1.65. The predicted molar refractivity (Wildman–Crippen MR) is 65.6 cm³/mol. The maximum Gasteiger partial charge on any atom is 0.415 e. The molecule has 20 heavy (non-hydrogen) atoms. The Bertz CT molecular complexity index is 536. The van der Waals surface area contributed by atoms with E-state index >= 15 is 0 Å². The first-order chi connectivity index (χ1) is 9.47. The van der Waals surface area contributed by atoms with Crippen molar-refractivity contribution in [2.24, 2.45) is 0 Å². The van der Waals surface area contributed by atoms with Gasteiger partial charge in [-0.3, -0.25) is 14.3 Å². The Hall–Kier alpha value is -2.16. The number of fused-ring (bicyclic) bond motifs is 1. The maximum absolute atomic E-state index is 10.7. The van der Waals surface area contributed by atoms with E-state index in [1.165, 1.54) is 6.20 Å². The number of carbonyl (C=O) groups is 1. The molecule has 0 radical (unpaired) electrons. The minimum Gasteiger partial charge on any atom is -0.480 e. The zero-order valence-electron chi connectivity index (χ0n) is 10.7. The molecule has 2 aliphatic heterocycles. The van der Waals surface area contributed by atoms with Crippen molar-refractivity contribution in [3.63, 3.8) is 0 Å². The Kier molecular flexibility index (Phi) is 2.85. The summed E-state index contributed by atoms with van der Waals surface area (Å²) in [6, 6.07) is 0.281. The highest BCUT2D eigenvalue weighted by atomic mass is 16.6. The monoisotopic (exact) mass is 282 g/mol. The SMILES string of the molecule is O=C(O)CN1CCC2(CC1)Cn1cc([N+](=O)[O-])nc1O2. The van der Waals surface area contributed by atoms with Crippen molar-refractivity contribution in [1.82, 2.24) is 14.5 Å². The molecule has 2 aliphatic rings. The van der Waals surface area contributed by atoms with Crippen LogP contribution in [0.2, 0.25) is 0 Å². The van der Waals surface area contributed by atoms with Crippen molar-refractivity contribution < 1.29 is 19.6 Å². The summed E-state index contributed by atoms with van der Waals surface area (Å²) in [5, 5.41) is 19.4. The molecule has 0 aliphatic carbocycles. The first kappa shape index (κ1) is 12.9. The summed E-state index contributed by atoms with van der Waals surface area (Å²) in [5.41, 5.74) is -0.396. The summed E-state index contributed by atoms with van der Waals surface area (Å²) in [7, 11) is 0. The maximum atomic E-state index is 10.7. The second-order valence-corrected chi connectivity index (χ2v) is 5.22. The molecule has 0 saturated carbocycles. The molecule has 1 fully saturated rings. The molecule has 0 bridgehead atoms. The number of likely N-dealkylation sites (tertiary alicyclic amines) is 1. The van der Waals surface area contributed by atoms with E-state index in [0.29, 0.717) is 32.5 Å². The van der Waals surface area contributed by atoms with Crippen molar-refractivity contribution in [2.75, 3.05) is 19.6 Å². The average Bonchev–Trinajstić information content (AvgIpc) is 2.87. The van der Waals surface area contributed by atoms with Crippen LogP contribution in [0.15, 0.2) is 6.20 Å². The van der Waals surface area contributed by atoms with E-state index in [1.807, 2.05) is 4.90 Å². The van der Waals surface area contributed by atoms with Crippen LogP contribution in [-0.4, -0.2) is 55.7 Å². The molecule has 1 N–H and O–H groups in total. The molecule has 1 spiro atoms. The summed E-state index contributed by atoms with van der Waals surface area (Å²) in [6.45, 7) is 1.84. The van der Waals surface area contributed by atoms with Gasteiger partial charge in [-0.25, -0.2) is 0 Å². The van der Waals surface area contributed by atoms with Crippen molar-refractivity contribution in [1.29, 1.82) is 0 Å². The van der Waals surface area contributed by atoms with Gasteiger partial charge >= 0.3 is 17.8 Å². The molecule has 108 valence electrons. The number of rotatable bonds is 3. The Morgan fingerprint density at radius 2 is 2.25 bits per heavy atom. The summed E-state index contributed by atoms with van der Waals surface area (Å²) < 4.78 is 7.45. The lowest BCUT2D eigenvalue weighted by molar-refractivity contribution is -0.389. The van der Waals surface area contributed by atoms with Crippen LogP contribution >= 0.6 is 0 Å². The molecule has 0 aromatic carbocycles. The lowest BCUT2D eigenvalue weighted by atomic mass is 9.91. The molecule has 1 aromatic heterocycles. The van der Waals surface area contributed by atoms with Gasteiger partial charge in [0.15, 0.2) is 0 Å². The minimum atomic E-state index is -0.836. The van der Waals surface area contributed by atoms with E-state index in [-0.39, 0.29) is 18.4 Å². The Morgan fingerprint density at radius 3 is 2.80 bits per heavy atom. The molecular weight excluding hydrogens is 268 g/mol. The fourth-order valence-corrected chi connectivity index (χ4v) is 2.77. The number of ether oxygens (including phenoxy) is 1. The summed E-state index contributed by atoms with van der Waals surface area (Å²) in [6.07, 6.45) is 2.77. The summed E-state index contributed by atoms with van der Waals surface area (Å²) in [5.74, 6) is -1.05. The summed E-state index contributed by atoms with van der Waals surface area (Å²) in [4.78, 5) is 26.5. The van der Waals surface area contributed by atoms with Crippen LogP contribution in [0.1, 0.15) is 12.8 Å². The molecular formula is C11H14N4O5. The number of imidazole rings is 1. The predicted octanol–water partition coefficient (Wildman–Crippen LogP) is 0.103. The number of carboxylic acid groups (broad SMARTS) is 1. The molecule has 0 atom stereocenters. The third kappa shape index (κ3) is 2.20. The van der Waals surface area contributed by atoms with Gasteiger partial charge in [0.1, 0.15) is 11.8 Å². The standard InChI is InChI=1S/C11H14N4O5/c16-9(17)6-13-3-1-11(2-4-13)7-14-5-8(15(18)19)12-10(14)20-11/h5H,1-4,6-7H2,(H,16,17). The van der Waals surface area contributed by atoms with Crippen LogP contribution in [0.5, 0.6) is 6.01 Å². The van der Waals surface area contributed by atoms with Crippen molar-refractivity contribution >= 4 is 11.8 Å². The number of piperidine rings is 1. The van der Waals surface area contributed by atoms with E-state index < -0.39 is 16.5 Å². The third-order valence-electron chi connectivity index (χ3n) is 3.81. The van der Waals surface area contributed by atoms with Gasteiger partial charge in [0.2, 0.25) is 0 Å². The van der Waals surface area contributed by atoms with E-state index in [9.17, 15) is 14.9 Å². The van der Waals surface area contributed by atoms with E-state index in [2.05, 4.69) is 4.98 Å². The van der Waals surface area contributed by atoms with Gasteiger partial charge in [0.25, 0.3) is 0 Å². The quantitative estimate of drug-likeness (QED) is 0.618. The number of nitro groups is 1. The molecule has 0 amide bonds. The van der Waals surface area contributed by atoms with Gasteiger partial charge in [-0.1, -0.05) is 0 Å². The van der Waals surface area contributed by atoms with E-state index in [0.717, 1.165) is 0 Å². The van der Waals surface area contributed by atoms with Crippen LogP contribution in [0.25, 0.3) is 0 Å². The van der Waals surface area contributed by atoms with Crippen molar-refractivity contribution in [2.45, 2.75) is 25.0 Å². The number of hydrogen-bond acceptors (Lipinski definition) is 6. The highest BCUT2D eigenvalue weighted by Gasteiger charge is 2.45. The normalized spacial score (nSPS) is 20.6. The zero-order valence-corrected chi connectivity index (χ0v) is 10.7. The Morgan fingerprint density at radius 1 is 1.55 bits per heavy atom. The topological polar surface area (TPSA) is 111 Å². The van der Waals surface area contributed by atoms with E-state index in [4.69, 9.17) is 9.84 Å². The van der Waals surface area contributed by atoms with Gasteiger partial charge in [0.05, 0.1) is 13.1 Å². The molecule has 9 nitrogen and oxygen atoms in total. The van der Waals surface area contributed by atoms with Crippen LogP contribution < -0.4 is 4.74 Å². The van der Waals surface area contributed by atoms with Crippen molar-refractivity contribution in [3.8, 4) is 6.01 Å². The zero-order chi connectivity index (χ0) is 14.3. The van der Waals surface area contributed by atoms with Gasteiger partial charge in [-0.05, 0) is 4.92 Å². The number of hydrogen-bond donors (Lipinski definition) is 1. The molecule has 3 rings (SSSR count). The second kappa shape index (κ2) is 4.44. The fraction of sp³-hybridized carbons (Fsp3) is 0.636. The highest BCUT2D eigenvalue weighted by molar-refractivity contribution is 5.69. The average molecular weight is 282 g/mol. The number of aliphatic carboxylic acids is 1. The smallest absolute Gasteiger partial charge is 0.415 e. The number of carboxylic acids is 1. The molecule has 0 unspecified atom stereocenters. The second-order valence-electron chi connectivity index (χ2n) is 5.22. The van der Waals surface area contributed by atoms with Crippen LogP contribution in [0.3, 0.4) is 0 Å². The van der Waals surface area contributed by atoms with E-state index in [1.54, 1.807) is 4.57 Å². The summed E-state index contributed by atoms with van der Waals surface area (Å²) >= 11 is 0. The number of aromatic nitrogens is 2. The minimum absolute atomic E-state index is 0.0338. The molecule has 9 heteroatoms. The van der Waals surface area contributed by atoms with Crippen LogP contribution in [0, 0.1) is 10.1 Å². The Labute approximate surface area is 113 Å². The molecule has 1 saturated heterocycles. The first-order valence-corrected chi connectivity index (χ1v) is 6.32. The molecule has 1 aromatic rings. The van der Waals surface area contributed by atoms with Crippen molar-refractivity contribution in [3.05, 3.63) is 16.3 Å². The van der Waals surface area contributed by atoms with Crippen LogP contribution in [0.4, 0.5) is 5.82 Å². The largest absolute Gasteiger partial charge is 0.480 e. The molecule has 3 heterocycles. The third-order valence-corrected chi connectivity index (χ3v) is 3.81. The van der Waals surface area contributed by atoms with Gasteiger partial charge in [0, 0.05) is 30.9 Å². The fourth-order valence-electron chi connectivity index (χ4n) is 2.77. The lowest BCUT2D eigenvalue weighted by Crippen LogP contribution is -2.48. The van der Waals surface area contributed by atoms with Crippen LogP contribution in [-0.2, 0) is 11.3 Å². The lowest BCUT2D eigenvalue weighted by Gasteiger charge is -2.36. The first-order valence-electron chi connectivity index (χ1n) is 6.32. The van der Waals surface area contributed by atoms with Gasteiger partial charge in [-0.15, -0.1) is 0 Å². The highest BCUT2D eigenvalue weighted by Crippen LogP contribution is 2.37.